The summed E-state index contributed by atoms with van der Waals surface area (Å²) in [5.74, 6) is 0.984. The fourth-order valence-electron chi connectivity index (χ4n) is 3.41. The molecule has 1 atom stereocenters. The van der Waals surface area contributed by atoms with Gasteiger partial charge in [-0.1, -0.05) is 42.5 Å². The Kier molecular flexibility index (Phi) is 5.79. The van der Waals surface area contributed by atoms with Crippen LogP contribution in [0.4, 0.5) is 18.9 Å². The predicted molar refractivity (Wildman–Crippen MR) is 108 cm³/mol. The van der Waals surface area contributed by atoms with Crippen molar-refractivity contribution in [2.75, 3.05) is 18.0 Å². The molecular weight excluding hydrogens is 393 g/mol. The van der Waals surface area contributed by atoms with Gasteiger partial charge in [0, 0.05) is 25.2 Å². The van der Waals surface area contributed by atoms with Crippen LogP contribution in [0.15, 0.2) is 72.9 Å². The first-order chi connectivity index (χ1) is 14.5. The van der Waals surface area contributed by atoms with Crippen LogP contribution in [0.3, 0.4) is 0 Å². The van der Waals surface area contributed by atoms with Crippen molar-refractivity contribution in [3.05, 3.63) is 84.1 Å². The van der Waals surface area contributed by atoms with E-state index in [0.717, 1.165) is 42.2 Å². The molecule has 156 valence electrons. The van der Waals surface area contributed by atoms with E-state index in [1.807, 2.05) is 54.6 Å². The molecule has 0 bridgehead atoms. The fraction of sp³-hybridized carbons (Fsp3) is 0.261. The molecule has 4 nitrogen and oxygen atoms in total. The summed E-state index contributed by atoms with van der Waals surface area (Å²) in [5, 5.41) is 0. The molecule has 0 amide bonds. The van der Waals surface area contributed by atoms with Gasteiger partial charge in [0.25, 0.3) is 0 Å². The minimum Gasteiger partial charge on any atom is -0.487 e. The SMILES string of the molecule is FC(F)(F)c1ccc(O[C@H]2CCN(c3ccccc3OCc3ccccc3)C2)nc1. The summed E-state index contributed by atoms with van der Waals surface area (Å²) in [6.45, 7) is 1.84. The van der Waals surface area contributed by atoms with Gasteiger partial charge >= 0.3 is 6.18 Å². The molecule has 0 spiro atoms. The van der Waals surface area contributed by atoms with E-state index in [0.29, 0.717) is 13.2 Å². The van der Waals surface area contributed by atoms with E-state index in [1.165, 1.54) is 6.07 Å². The van der Waals surface area contributed by atoms with E-state index >= 15 is 0 Å². The van der Waals surface area contributed by atoms with Crippen molar-refractivity contribution in [2.45, 2.75) is 25.3 Å². The van der Waals surface area contributed by atoms with Gasteiger partial charge < -0.3 is 14.4 Å². The normalized spacial score (nSPS) is 16.5. The van der Waals surface area contributed by atoms with Crippen LogP contribution in [0.25, 0.3) is 0 Å². The molecule has 0 unspecified atom stereocenters. The third kappa shape index (κ3) is 4.84. The minimum absolute atomic E-state index is 0.156. The van der Waals surface area contributed by atoms with Gasteiger partial charge in [0.2, 0.25) is 5.88 Å². The summed E-state index contributed by atoms with van der Waals surface area (Å²) in [6.07, 6.45) is -3.01. The number of alkyl halides is 3. The van der Waals surface area contributed by atoms with Crippen molar-refractivity contribution >= 4 is 5.69 Å². The Morgan fingerprint density at radius 3 is 2.47 bits per heavy atom. The van der Waals surface area contributed by atoms with E-state index in [1.54, 1.807) is 0 Å². The van der Waals surface area contributed by atoms with Gasteiger partial charge in [-0.05, 0) is 23.8 Å². The van der Waals surface area contributed by atoms with Gasteiger partial charge in [0.1, 0.15) is 18.5 Å². The lowest BCUT2D eigenvalue weighted by atomic mass is 10.2. The summed E-state index contributed by atoms with van der Waals surface area (Å²) in [4.78, 5) is 5.96. The second-order valence-corrected chi connectivity index (χ2v) is 7.10. The third-order valence-corrected chi connectivity index (χ3v) is 4.94. The predicted octanol–water partition coefficient (Wildman–Crippen LogP) is 5.34. The molecule has 0 N–H and O–H groups in total. The van der Waals surface area contributed by atoms with Gasteiger partial charge in [-0.2, -0.15) is 13.2 Å². The highest BCUT2D eigenvalue weighted by atomic mass is 19.4. The van der Waals surface area contributed by atoms with E-state index in [-0.39, 0.29) is 12.0 Å². The van der Waals surface area contributed by atoms with Crippen molar-refractivity contribution in [1.29, 1.82) is 0 Å². The lowest BCUT2D eigenvalue weighted by Gasteiger charge is -2.22. The van der Waals surface area contributed by atoms with Crippen LogP contribution in [0, 0.1) is 0 Å². The second-order valence-electron chi connectivity index (χ2n) is 7.10. The van der Waals surface area contributed by atoms with E-state index in [2.05, 4.69) is 9.88 Å². The molecule has 0 radical (unpaired) electrons. The smallest absolute Gasteiger partial charge is 0.417 e. The van der Waals surface area contributed by atoms with E-state index in [4.69, 9.17) is 9.47 Å². The van der Waals surface area contributed by atoms with E-state index < -0.39 is 11.7 Å². The first kappa shape index (κ1) is 20.1. The molecule has 3 aromatic rings. The van der Waals surface area contributed by atoms with E-state index in [9.17, 15) is 13.2 Å². The Hall–Kier alpha value is -3.22. The summed E-state index contributed by atoms with van der Waals surface area (Å²) in [5.41, 5.74) is 1.27. The van der Waals surface area contributed by atoms with Crippen molar-refractivity contribution in [2.24, 2.45) is 0 Å². The molecule has 2 aromatic carbocycles. The van der Waals surface area contributed by atoms with Crippen LogP contribution in [-0.4, -0.2) is 24.2 Å². The summed E-state index contributed by atoms with van der Waals surface area (Å²) < 4.78 is 49.9. The average molecular weight is 414 g/mol. The minimum atomic E-state index is -4.40. The number of hydrogen-bond acceptors (Lipinski definition) is 4. The van der Waals surface area contributed by atoms with Gasteiger partial charge in [0.15, 0.2) is 0 Å². The molecule has 1 fully saturated rings. The zero-order chi connectivity index (χ0) is 21.0. The number of para-hydroxylation sites is 2. The molecule has 7 heteroatoms. The lowest BCUT2D eigenvalue weighted by Crippen LogP contribution is -2.25. The first-order valence-corrected chi connectivity index (χ1v) is 9.69. The molecule has 1 aliphatic rings. The van der Waals surface area contributed by atoms with Crippen LogP contribution in [-0.2, 0) is 12.8 Å². The third-order valence-electron chi connectivity index (χ3n) is 4.94. The Labute approximate surface area is 172 Å². The molecule has 1 saturated heterocycles. The number of benzene rings is 2. The van der Waals surface area contributed by atoms with Crippen molar-refractivity contribution in [3.63, 3.8) is 0 Å². The molecule has 4 rings (SSSR count). The number of rotatable bonds is 6. The Morgan fingerprint density at radius 2 is 1.73 bits per heavy atom. The highest BCUT2D eigenvalue weighted by Gasteiger charge is 2.31. The zero-order valence-corrected chi connectivity index (χ0v) is 16.2. The quantitative estimate of drug-likeness (QED) is 0.546. The van der Waals surface area contributed by atoms with Crippen LogP contribution in [0.2, 0.25) is 0 Å². The van der Waals surface area contributed by atoms with Crippen molar-refractivity contribution < 1.29 is 22.6 Å². The number of aromatic nitrogens is 1. The maximum atomic E-state index is 12.7. The second kappa shape index (κ2) is 8.65. The van der Waals surface area contributed by atoms with Crippen LogP contribution in [0.5, 0.6) is 11.6 Å². The maximum Gasteiger partial charge on any atom is 0.417 e. The summed E-state index contributed by atoms with van der Waals surface area (Å²) in [6, 6.07) is 20.0. The van der Waals surface area contributed by atoms with Gasteiger partial charge in [-0.25, -0.2) is 4.98 Å². The largest absolute Gasteiger partial charge is 0.487 e. The molecule has 0 saturated carbocycles. The Balaban J connectivity index is 1.38. The average Bonchev–Trinajstić information content (AvgIpc) is 3.21. The number of anilines is 1. The lowest BCUT2D eigenvalue weighted by molar-refractivity contribution is -0.137. The fourth-order valence-corrected chi connectivity index (χ4v) is 3.41. The number of ether oxygens (including phenoxy) is 2. The zero-order valence-electron chi connectivity index (χ0n) is 16.2. The maximum absolute atomic E-state index is 12.7. The topological polar surface area (TPSA) is 34.6 Å². The van der Waals surface area contributed by atoms with Gasteiger partial charge in [0.05, 0.1) is 17.8 Å². The van der Waals surface area contributed by atoms with Crippen molar-refractivity contribution in [3.8, 4) is 11.6 Å². The number of halogens is 3. The monoisotopic (exact) mass is 414 g/mol. The standard InChI is InChI=1S/C23H21F3N2O2/c24-23(25,26)18-10-11-22(27-14-18)30-19-12-13-28(15-19)20-8-4-5-9-21(20)29-16-17-6-2-1-3-7-17/h1-11,14,19H,12-13,15-16H2/t19-/m0/s1. The first-order valence-electron chi connectivity index (χ1n) is 9.69. The molecule has 1 aliphatic heterocycles. The number of hydrogen-bond donors (Lipinski definition) is 0. The molecule has 30 heavy (non-hydrogen) atoms. The molecular formula is C23H21F3N2O2. The van der Waals surface area contributed by atoms with Gasteiger partial charge in [-0.15, -0.1) is 0 Å². The number of nitrogens with zero attached hydrogens (tertiary/aromatic N) is 2. The van der Waals surface area contributed by atoms with Crippen LogP contribution >= 0.6 is 0 Å². The Bertz CT molecular complexity index is 962. The van der Waals surface area contributed by atoms with Crippen molar-refractivity contribution in [1.82, 2.24) is 4.98 Å². The van der Waals surface area contributed by atoms with Crippen LogP contribution in [0.1, 0.15) is 17.5 Å². The van der Waals surface area contributed by atoms with Gasteiger partial charge in [-0.3, -0.25) is 0 Å². The Morgan fingerprint density at radius 1 is 0.967 bits per heavy atom. The number of pyridine rings is 1. The highest BCUT2D eigenvalue weighted by Crippen LogP contribution is 2.33. The molecule has 1 aromatic heterocycles. The molecule has 2 heterocycles. The highest BCUT2D eigenvalue weighted by molar-refractivity contribution is 5.59. The van der Waals surface area contributed by atoms with Crippen LogP contribution < -0.4 is 14.4 Å². The summed E-state index contributed by atoms with van der Waals surface area (Å²) >= 11 is 0. The molecule has 0 aliphatic carbocycles. The summed E-state index contributed by atoms with van der Waals surface area (Å²) in [7, 11) is 0.